The van der Waals surface area contributed by atoms with Gasteiger partial charge < -0.3 is 19.5 Å². The molecule has 1 aliphatic rings. The Bertz CT molecular complexity index is 712. The van der Waals surface area contributed by atoms with Crippen LogP contribution in [0.3, 0.4) is 0 Å². The number of methoxy groups -OCH3 is 1. The predicted octanol–water partition coefficient (Wildman–Crippen LogP) is 3.35. The molecule has 0 aliphatic carbocycles. The Labute approximate surface area is 141 Å². The maximum atomic E-state index is 12.6. The van der Waals surface area contributed by atoms with Gasteiger partial charge in [0.25, 0.3) is 5.91 Å². The lowest BCUT2D eigenvalue weighted by Crippen LogP contribution is -2.28. The van der Waals surface area contributed by atoms with E-state index in [1.54, 1.807) is 25.3 Å². The van der Waals surface area contributed by atoms with Gasteiger partial charge in [0.15, 0.2) is 11.5 Å². The average Bonchev–Trinajstić information content (AvgIpc) is 2.65. The molecule has 1 aliphatic heterocycles. The third-order valence-electron chi connectivity index (χ3n) is 4.04. The summed E-state index contributed by atoms with van der Waals surface area (Å²) in [5.41, 5.74) is 1.61. The highest BCUT2D eigenvalue weighted by atomic mass is 16.6. The molecule has 0 aromatic heterocycles. The number of carbonyl (C=O) groups excluding carboxylic acids is 1. The van der Waals surface area contributed by atoms with E-state index in [4.69, 9.17) is 14.2 Å². The molecule has 1 amide bonds. The van der Waals surface area contributed by atoms with Gasteiger partial charge in [0.05, 0.1) is 13.2 Å². The van der Waals surface area contributed by atoms with E-state index in [0.717, 1.165) is 17.7 Å². The maximum absolute atomic E-state index is 12.6. The highest BCUT2D eigenvalue weighted by Gasteiger charge is 2.18. The maximum Gasteiger partial charge on any atom is 0.251 e. The molecule has 24 heavy (non-hydrogen) atoms. The van der Waals surface area contributed by atoms with E-state index in [-0.39, 0.29) is 11.9 Å². The number of nitrogens with one attached hydrogen (secondary N) is 1. The van der Waals surface area contributed by atoms with Crippen LogP contribution in [0.1, 0.15) is 35.3 Å². The number of fused-ring (bicyclic) bond motifs is 1. The first-order valence-corrected chi connectivity index (χ1v) is 8.05. The van der Waals surface area contributed by atoms with Gasteiger partial charge in [-0.25, -0.2) is 0 Å². The number of hydrogen-bond acceptors (Lipinski definition) is 4. The molecule has 0 spiro atoms. The minimum atomic E-state index is -0.130. The molecular weight excluding hydrogens is 306 g/mol. The standard InChI is InChI=1S/C19H21NO4/c1-3-16(13-4-7-15(22-2)8-5-13)20-19(21)14-6-9-17-18(12-14)24-11-10-23-17/h4-9,12,16H,3,10-11H2,1-2H3,(H,20,21)/t16-/m0/s1. The molecule has 0 saturated carbocycles. The van der Waals surface area contributed by atoms with E-state index in [1.807, 2.05) is 31.2 Å². The van der Waals surface area contributed by atoms with Crippen LogP contribution in [0.5, 0.6) is 17.2 Å². The summed E-state index contributed by atoms with van der Waals surface area (Å²) in [4.78, 5) is 12.6. The van der Waals surface area contributed by atoms with Crippen LogP contribution in [-0.4, -0.2) is 26.2 Å². The van der Waals surface area contributed by atoms with E-state index in [2.05, 4.69) is 5.32 Å². The highest BCUT2D eigenvalue weighted by molar-refractivity contribution is 5.95. The van der Waals surface area contributed by atoms with E-state index in [1.165, 1.54) is 0 Å². The summed E-state index contributed by atoms with van der Waals surface area (Å²) >= 11 is 0. The summed E-state index contributed by atoms with van der Waals surface area (Å²) in [7, 11) is 1.63. The quantitative estimate of drug-likeness (QED) is 0.915. The molecule has 0 radical (unpaired) electrons. The summed E-state index contributed by atoms with van der Waals surface area (Å²) in [5.74, 6) is 1.97. The third-order valence-corrected chi connectivity index (χ3v) is 4.04. The minimum Gasteiger partial charge on any atom is -0.497 e. The van der Waals surface area contributed by atoms with Gasteiger partial charge in [-0.2, -0.15) is 0 Å². The molecule has 1 N–H and O–H groups in total. The van der Waals surface area contributed by atoms with Crippen molar-refractivity contribution < 1.29 is 19.0 Å². The van der Waals surface area contributed by atoms with Gasteiger partial charge in [0.1, 0.15) is 19.0 Å². The molecule has 2 aromatic carbocycles. The topological polar surface area (TPSA) is 56.8 Å². The molecule has 3 rings (SSSR count). The number of benzene rings is 2. The highest BCUT2D eigenvalue weighted by Crippen LogP contribution is 2.31. The Hall–Kier alpha value is -2.69. The molecule has 0 bridgehead atoms. The minimum absolute atomic E-state index is 0.0587. The Balaban J connectivity index is 1.74. The second-order valence-corrected chi connectivity index (χ2v) is 5.57. The summed E-state index contributed by atoms with van der Waals surface area (Å²) in [5, 5.41) is 3.07. The Morgan fingerprint density at radius 3 is 2.50 bits per heavy atom. The average molecular weight is 327 g/mol. The zero-order valence-corrected chi connectivity index (χ0v) is 13.9. The smallest absolute Gasteiger partial charge is 0.251 e. The molecule has 5 nitrogen and oxygen atoms in total. The lowest BCUT2D eigenvalue weighted by atomic mass is 10.0. The van der Waals surface area contributed by atoms with Gasteiger partial charge in [-0.1, -0.05) is 19.1 Å². The van der Waals surface area contributed by atoms with Gasteiger partial charge in [-0.15, -0.1) is 0 Å². The van der Waals surface area contributed by atoms with Crippen LogP contribution in [0.15, 0.2) is 42.5 Å². The zero-order chi connectivity index (χ0) is 16.9. The fraction of sp³-hybridized carbons (Fsp3) is 0.316. The summed E-state index contributed by atoms with van der Waals surface area (Å²) in [6.07, 6.45) is 0.794. The molecule has 5 heteroatoms. The largest absolute Gasteiger partial charge is 0.497 e. The second kappa shape index (κ2) is 7.25. The van der Waals surface area contributed by atoms with Gasteiger partial charge in [-0.05, 0) is 42.3 Å². The van der Waals surface area contributed by atoms with Gasteiger partial charge in [0, 0.05) is 5.56 Å². The molecule has 1 atom stereocenters. The summed E-state index contributed by atoms with van der Waals surface area (Å²) < 4.78 is 16.2. The van der Waals surface area contributed by atoms with E-state index in [0.29, 0.717) is 30.3 Å². The lowest BCUT2D eigenvalue weighted by Gasteiger charge is -2.20. The second-order valence-electron chi connectivity index (χ2n) is 5.57. The molecule has 1 heterocycles. The first-order chi connectivity index (χ1) is 11.7. The summed E-state index contributed by atoms with van der Waals surface area (Å²) in [6.45, 7) is 3.08. The monoisotopic (exact) mass is 327 g/mol. The van der Waals surface area contributed by atoms with Crippen molar-refractivity contribution in [1.29, 1.82) is 0 Å². The number of carbonyl (C=O) groups is 1. The first-order valence-electron chi connectivity index (χ1n) is 8.05. The van der Waals surface area contributed by atoms with E-state index in [9.17, 15) is 4.79 Å². The predicted molar refractivity (Wildman–Crippen MR) is 90.9 cm³/mol. The van der Waals surface area contributed by atoms with Gasteiger partial charge in [-0.3, -0.25) is 4.79 Å². The fourth-order valence-electron chi connectivity index (χ4n) is 2.68. The van der Waals surface area contributed by atoms with E-state index < -0.39 is 0 Å². The van der Waals surface area contributed by atoms with Crippen LogP contribution < -0.4 is 19.5 Å². The summed E-state index contributed by atoms with van der Waals surface area (Å²) in [6, 6.07) is 12.9. The van der Waals surface area contributed by atoms with Crippen molar-refractivity contribution in [3.8, 4) is 17.2 Å². The van der Waals surface area contributed by atoms with Crippen LogP contribution in [0.25, 0.3) is 0 Å². The van der Waals surface area contributed by atoms with Crippen molar-refractivity contribution in [3.05, 3.63) is 53.6 Å². The molecule has 0 unspecified atom stereocenters. The Morgan fingerprint density at radius 2 is 1.83 bits per heavy atom. The van der Waals surface area contributed by atoms with Gasteiger partial charge >= 0.3 is 0 Å². The molecule has 126 valence electrons. The van der Waals surface area contributed by atoms with E-state index >= 15 is 0 Å². The van der Waals surface area contributed by atoms with Crippen molar-refractivity contribution in [2.24, 2.45) is 0 Å². The van der Waals surface area contributed by atoms with Crippen molar-refractivity contribution in [3.63, 3.8) is 0 Å². The van der Waals surface area contributed by atoms with Crippen LogP contribution in [0.4, 0.5) is 0 Å². The third kappa shape index (κ3) is 3.45. The van der Waals surface area contributed by atoms with Crippen molar-refractivity contribution in [2.75, 3.05) is 20.3 Å². The SMILES string of the molecule is CC[C@H](NC(=O)c1ccc2c(c1)OCCO2)c1ccc(OC)cc1. The lowest BCUT2D eigenvalue weighted by molar-refractivity contribution is 0.0934. The van der Waals surface area contributed by atoms with Crippen LogP contribution in [0.2, 0.25) is 0 Å². The first kappa shape index (κ1) is 16.2. The number of ether oxygens (including phenoxy) is 3. The van der Waals surface area contributed by atoms with Crippen molar-refractivity contribution in [2.45, 2.75) is 19.4 Å². The van der Waals surface area contributed by atoms with Crippen LogP contribution >= 0.6 is 0 Å². The Morgan fingerprint density at radius 1 is 1.12 bits per heavy atom. The molecule has 0 saturated heterocycles. The molecular formula is C19H21NO4. The van der Waals surface area contributed by atoms with Crippen LogP contribution in [-0.2, 0) is 0 Å². The number of rotatable bonds is 5. The molecule has 0 fully saturated rings. The van der Waals surface area contributed by atoms with Crippen LogP contribution in [0, 0.1) is 0 Å². The van der Waals surface area contributed by atoms with Gasteiger partial charge in [0.2, 0.25) is 0 Å². The van der Waals surface area contributed by atoms with Crippen molar-refractivity contribution >= 4 is 5.91 Å². The Kier molecular flexibility index (Phi) is 4.89. The zero-order valence-electron chi connectivity index (χ0n) is 13.9. The molecule has 2 aromatic rings. The normalized spacial score (nSPS) is 13.9. The number of amides is 1. The fourth-order valence-corrected chi connectivity index (χ4v) is 2.68. The number of hydrogen-bond donors (Lipinski definition) is 1. The van der Waals surface area contributed by atoms with Crippen molar-refractivity contribution in [1.82, 2.24) is 5.32 Å².